The predicted molar refractivity (Wildman–Crippen MR) is 64.6 cm³/mol. The lowest BCUT2D eigenvalue weighted by Gasteiger charge is -2.27. The lowest BCUT2D eigenvalue weighted by atomic mass is 9.83. The maximum absolute atomic E-state index is 11.2. The van der Waals surface area contributed by atoms with Crippen LogP contribution in [-0.2, 0) is 4.79 Å². The van der Waals surface area contributed by atoms with Gasteiger partial charge in [-0.2, -0.15) is 0 Å². The molecule has 2 saturated heterocycles. The minimum absolute atomic E-state index is 0.314. The van der Waals surface area contributed by atoms with E-state index in [0.717, 1.165) is 23.0 Å². The maximum Gasteiger partial charge on any atom is 0.326 e. The number of fused-ring (bicyclic) bond motifs is 1. The molecule has 3 aliphatic rings. The third-order valence-electron chi connectivity index (χ3n) is 3.67. The summed E-state index contributed by atoms with van der Waals surface area (Å²) >= 11 is 3.39. The summed E-state index contributed by atoms with van der Waals surface area (Å²) in [5, 5.41) is 9.25. The van der Waals surface area contributed by atoms with Gasteiger partial charge in [-0.1, -0.05) is 15.9 Å². The number of hydrogen-bond donors (Lipinski definition) is 1. The molecule has 0 spiro atoms. The number of benzene rings is 1. The Hall–Kier alpha value is -1.03. The van der Waals surface area contributed by atoms with Crippen molar-refractivity contribution in [2.45, 2.75) is 24.9 Å². The topological polar surface area (TPSA) is 40.5 Å². The average Bonchev–Trinajstić information content (AvgIpc) is 2.72. The van der Waals surface area contributed by atoms with E-state index in [2.05, 4.69) is 20.8 Å². The Morgan fingerprint density at radius 3 is 2.50 bits per heavy atom. The number of nitrogens with zero attached hydrogens (tertiary/aromatic N) is 1. The first kappa shape index (κ1) is 10.1. The van der Waals surface area contributed by atoms with Crippen molar-refractivity contribution < 1.29 is 9.90 Å². The monoisotopic (exact) mass is 281 g/mol. The van der Waals surface area contributed by atoms with Gasteiger partial charge in [0.1, 0.15) is 6.04 Å². The van der Waals surface area contributed by atoms with E-state index in [4.69, 9.17) is 0 Å². The second-order valence-corrected chi connectivity index (χ2v) is 5.47. The smallest absolute Gasteiger partial charge is 0.326 e. The molecule has 0 radical (unpaired) electrons. The summed E-state index contributed by atoms with van der Waals surface area (Å²) in [5.41, 5.74) is 1.03. The van der Waals surface area contributed by atoms with Gasteiger partial charge in [0.25, 0.3) is 0 Å². The fraction of sp³-hybridized carbons (Fsp3) is 0.417. The highest BCUT2D eigenvalue weighted by atomic mass is 79.9. The van der Waals surface area contributed by atoms with Gasteiger partial charge in [0.2, 0.25) is 0 Å². The molecular formula is C12H12BrNO2. The van der Waals surface area contributed by atoms with Gasteiger partial charge in [0, 0.05) is 16.2 Å². The second-order valence-electron chi connectivity index (χ2n) is 4.55. The highest BCUT2D eigenvalue weighted by molar-refractivity contribution is 9.10. The Balaban J connectivity index is 1.94. The Morgan fingerprint density at radius 1 is 1.31 bits per heavy atom. The summed E-state index contributed by atoms with van der Waals surface area (Å²) in [6, 6.07) is 8.02. The molecule has 3 fully saturated rings. The molecule has 0 aromatic heterocycles. The van der Waals surface area contributed by atoms with Crippen LogP contribution in [0.5, 0.6) is 0 Å². The number of carboxylic acid groups (broad SMARTS) is 1. The number of hydrogen-bond acceptors (Lipinski definition) is 2. The average molecular weight is 282 g/mol. The summed E-state index contributed by atoms with van der Waals surface area (Å²) < 4.78 is 1.02. The van der Waals surface area contributed by atoms with E-state index in [-0.39, 0.29) is 6.04 Å². The number of aliphatic carboxylic acids is 1. The fourth-order valence-electron chi connectivity index (χ4n) is 2.87. The van der Waals surface area contributed by atoms with Crippen molar-refractivity contribution in [3.63, 3.8) is 0 Å². The number of rotatable bonds is 2. The molecule has 4 rings (SSSR count). The van der Waals surface area contributed by atoms with E-state index in [1.807, 2.05) is 24.3 Å². The van der Waals surface area contributed by atoms with Gasteiger partial charge in [0.05, 0.1) is 0 Å². The minimum atomic E-state index is -0.687. The van der Waals surface area contributed by atoms with Crippen LogP contribution in [0.3, 0.4) is 0 Å². The summed E-state index contributed by atoms with van der Waals surface area (Å²) in [6.07, 6.45) is 2.07. The van der Waals surface area contributed by atoms with E-state index in [1.54, 1.807) is 0 Å². The lowest BCUT2D eigenvalue weighted by Crippen LogP contribution is -2.36. The normalized spacial score (nSPS) is 31.3. The van der Waals surface area contributed by atoms with Crippen LogP contribution in [0.4, 0.5) is 5.69 Å². The highest BCUT2D eigenvalue weighted by Gasteiger charge is 2.53. The molecule has 2 bridgehead atoms. The van der Waals surface area contributed by atoms with E-state index < -0.39 is 5.97 Å². The molecule has 1 aromatic rings. The standard InChI is InChI=1S/C12H12BrNO2/c13-8-1-3-9(4-2-8)14-10-5-7(6-10)11(14)12(15)16/h1-4,7,10-11H,5-6H2,(H,15,16). The second kappa shape index (κ2) is 3.48. The Morgan fingerprint density at radius 2 is 1.94 bits per heavy atom. The van der Waals surface area contributed by atoms with Crippen LogP contribution in [0.1, 0.15) is 12.8 Å². The molecule has 1 unspecified atom stereocenters. The van der Waals surface area contributed by atoms with Gasteiger partial charge in [-0.3, -0.25) is 0 Å². The van der Waals surface area contributed by atoms with Crippen molar-refractivity contribution in [1.29, 1.82) is 0 Å². The van der Waals surface area contributed by atoms with E-state index in [0.29, 0.717) is 12.0 Å². The summed E-state index contributed by atoms with van der Waals surface area (Å²) in [7, 11) is 0. The molecule has 2 aliphatic heterocycles. The van der Waals surface area contributed by atoms with Crippen LogP contribution in [-0.4, -0.2) is 23.2 Å². The summed E-state index contributed by atoms with van der Waals surface area (Å²) in [6.45, 7) is 0. The van der Waals surface area contributed by atoms with Gasteiger partial charge in [0.15, 0.2) is 0 Å². The lowest BCUT2D eigenvalue weighted by molar-refractivity contribution is -0.139. The fourth-order valence-corrected chi connectivity index (χ4v) is 3.14. The molecule has 3 nitrogen and oxygen atoms in total. The van der Waals surface area contributed by atoms with Crippen molar-refractivity contribution in [2.75, 3.05) is 4.90 Å². The predicted octanol–water partition coefficient (Wildman–Crippen LogP) is 2.50. The van der Waals surface area contributed by atoms with E-state index in [1.165, 1.54) is 0 Å². The molecule has 1 aromatic carbocycles. The van der Waals surface area contributed by atoms with Gasteiger partial charge in [-0.25, -0.2) is 4.79 Å². The summed E-state index contributed by atoms with van der Waals surface area (Å²) in [4.78, 5) is 13.3. The molecule has 84 valence electrons. The van der Waals surface area contributed by atoms with Crippen molar-refractivity contribution in [2.24, 2.45) is 5.92 Å². The molecule has 0 amide bonds. The molecule has 2 heterocycles. The molecule has 1 aliphatic carbocycles. The minimum Gasteiger partial charge on any atom is -0.480 e. The third kappa shape index (κ3) is 1.36. The number of carboxylic acids is 1. The first-order chi connectivity index (χ1) is 7.66. The van der Waals surface area contributed by atoms with Crippen molar-refractivity contribution in [3.8, 4) is 0 Å². The van der Waals surface area contributed by atoms with Crippen LogP contribution in [0.2, 0.25) is 0 Å². The molecule has 1 atom stereocenters. The van der Waals surface area contributed by atoms with Gasteiger partial charge in [-0.05, 0) is 43.0 Å². The molecule has 4 heteroatoms. The SMILES string of the molecule is O=C(O)C1C2CC(C2)N1c1ccc(Br)cc1. The third-order valence-corrected chi connectivity index (χ3v) is 4.20. The quantitative estimate of drug-likeness (QED) is 0.906. The number of halogens is 1. The molecule has 1 saturated carbocycles. The van der Waals surface area contributed by atoms with Gasteiger partial charge < -0.3 is 10.0 Å². The zero-order chi connectivity index (χ0) is 11.3. The van der Waals surface area contributed by atoms with Crippen molar-refractivity contribution >= 4 is 27.6 Å². The van der Waals surface area contributed by atoms with Crippen LogP contribution < -0.4 is 4.90 Å². The van der Waals surface area contributed by atoms with Gasteiger partial charge >= 0.3 is 5.97 Å². The van der Waals surface area contributed by atoms with Crippen molar-refractivity contribution in [1.82, 2.24) is 0 Å². The summed E-state index contributed by atoms with van der Waals surface area (Å²) in [5.74, 6) is -0.334. The first-order valence-electron chi connectivity index (χ1n) is 5.43. The Kier molecular flexibility index (Phi) is 2.21. The van der Waals surface area contributed by atoms with Crippen molar-refractivity contribution in [3.05, 3.63) is 28.7 Å². The number of carbonyl (C=O) groups is 1. The Bertz CT molecular complexity index is 425. The largest absolute Gasteiger partial charge is 0.480 e. The first-order valence-corrected chi connectivity index (χ1v) is 6.23. The van der Waals surface area contributed by atoms with Crippen LogP contribution in [0.15, 0.2) is 28.7 Å². The van der Waals surface area contributed by atoms with E-state index in [9.17, 15) is 9.90 Å². The zero-order valence-electron chi connectivity index (χ0n) is 8.64. The zero-order valence-corrected chi connectivity index (χ0v) is 10.2. The van der Waals surface area contributed by atoms with Crippen LogP contribution >= 0.6 is 15.9 Å². The van der Waals surface area contributed by atoms with Crippen LogP contribution in [0, 0.1) is 5.92 Å². The Labute approximate surface area is 102 Å². The molecule has 1 N–H and O–H groups in total. The van der Waals surface area contributed by atoms with Gasteiger partial charge in [-0.15, -0.1) is 0 Å². The number of anilines is 1. The van der Waals surface area contributed by atoms with Crippen LogP contribution in [0.25, 0.3) is 0 Å². The molecule has 16 heavy (non-hydrogen) atoms. The highest BCUT2D eigenvalue weighted by Crippen LogP contribution is 2.48. The molecular weight excluding hydrogens is 270 g/mol. The van der Waals surface area contributed by atoms with E-state index >= 15 is 0 Å². The maximum atomic E-state index is 11.2.